The molecule has 1 aliphatic rings. The van der Waals surface area contributed by atoms with Crippen molar-refractivity contribution in [3.63, 3.8) is 0 Å². The lowest BCUT2D eigenvalue weighted by atomic mass is 9.90. The standard InChI is InChI=1S/C11H10ClF4NO/c12-17-6-3-8(4-6)18-7-1-2-10(13)9(5-7)11(14,15)16/h1-2,5-6,8,17H,3-4H2. The number of nitrogens with one attached hydrogen (secondary N) is 1. The van der Waals surface area contributed by atoms with Crippen LogP contribution < -0.4 is 9.57 Å². The maximum Gasteiger partial charge on any atom is 0.419 e. The number of alkyl halides is 3. The number of halogens is 5. The van der Waals surface area contributed by atoms with E-state index in [2.05, 4.69) is 4.84 Å². The molecule has 1 fully saturated rings. The monoisotopic (exact) mass is 283 g/mol. The molecular formula is C11H10ClF4NO. The van der Waals surface area contributed by atoms with Crippen LogP contribution in [-0.4, -0.2) is 12.1 Å². The molecule has 0 spiro atoms. The van der Waals surface area contributed by atoms with Gasteiger partial charge in [0, 0.05) is 18.9 Å². The largest absolute Gasteiger partial charge is 0.490 e. The second-order valence-electron chi connectivity index (χ2n) is 4.16. The molecule has 18 heavy (non-hydrogen) atoms. The Morgan fingerprint density at radius 3 is 2.50 bits per heavy atom. The Labute approximate surface area is 106 Å². The lowest BCUT2D eigenvalue weighted by Gasteiger charge is -2.34. The minimum absolute atomic E-state index is 0.0155. The van der Waals surface area contributed by atoms with Gasteiger partial charge in [0.15, 0.2) is 0 Å². The molecule has 0 amide bonds. The van der Waals surface area contributed by atoms with Crippen molar-refractivity contribution in [2.45, 2.75) is 31.2 Å². The van der Waals surface area contributed by atoms with Gasteiger partial charge in [0.05, 0.1) is 5.56 Å². The van der Waals surface area contributed by atoms with Crippen LogP contribution in [0.15, 0.2) is 18.2 Å². The van der Waals surface area contributed by atoms with Gasteiger partial charge in [0.1, 0.15) is 17.7 Å². The maximum absolute atomic E-state index is 13.0. The minimum atomic E-state index is -4.72. The van der Waals surface area contributed by atoms with E-state index in [1.54, 1.807) is 0 Å². The van der Waals surface area contributed by atoms with Crippen molar-refractivity contribution < 1.29 is 22.3 Å². The molecular weight excluding hydrogens is 274 g/mol. The Hall–Kier alpha value is -1.01. The molecule has 2 rings (SSSR count). The van der Waals surface area contributed by atoms with Gasteiger partial charge in [-0.05, 0) is 30.0 Å². The molecule has 0 unspecified atom stereocenters. The number of ether oxygens (including phenoxy) is 1. The van der Waals surface area contributed by atoms with Crippen LogP contribution >= 0.6 is 11.8 Å². The summed E-state index contributed by atoms with van der Waals surface area (Å²) in [6.45, 7) is 0. The van der Waals surface area contributed by atoms with Gasteiger partial charge in [-0.2, -0.15) is 13.2 Å². The van der Waals surface area contributed by atoms with E-state index < -0.39 is 17.6 Å². The molecule has 1 aliphatic carbocycles. The third-order valence-corrected chi connectivity index (χ3v) is 3.10. The quantitative estimate of drug-likeness (QED) is 0.677. The number of hydrogen-bond donors (Lipinski definition) is 1. The third-order valence-electron chi connectivity index (χ3n) is 2.80. The summed E-state index contributed by atoms with van der Waals surface area (Å²) in [6, 6.07) is 2.73. The molecule has 0 radical (unpaired) electrons. The second kappa shape index (κ2) is 4.93. The molecule has 0 aliphatic heterocycles. The molecule has 2 nitrogen and oxygen atoms in total. The van der Waals surface area contributed by atoms with Crippen molar-refractivity contribution in [1.29, 1.82) is 0 Å². The lowest BCUT2D eigenvalue weighted by molar-refractivity contribution is -0.140. The highest BCUT2D eigenvalue weighted by atomic mass is 35.5. The molecule has 1 N–H and O–H groups in total. The fourth-order valence-electron chi connectivity index (χ4n) is 1.74. The van der Waals surface area contributed by atoms with E-state index in [4.69, 9.17) is 16.5 Å². The predicted octanol–water partition coefficient (Wildman–Crippen LogP) is 3.50. The summed E-state index contributed by atoms with van der Waals surface area (Å²) in [5, 5.41) is 0. The van der Waals surface area contributed by atoms with Crippen LogP contribution in [0.3, 0.4) is 0 Å². The average molecular weight is 284 g/mol. The van der Waals surface area contributed by atoms with Crippen molar-refractivity contribution in [1.82, 2.24) is 4.84 Å². The predicted molar refractivity (Wildman–Crippen MR) is 57.8 cm³/mol. The smallest absolute Gasteiger partial charge is 0.419 e. The molecule has 100 valence electrons. The second-order valence-corrected chi connectivity index (χ2v) is 4.37. The summed E-state index contributed by atoms with van der Waals surface area (Å²) in [5.41, 5.74) is -1.31. The van der Waals surface area contributed by atoms with Gasteiger partial charge >= 0.3 is 6.18 Å². The van der Waals surface area contributed by atoms with Crippen LogP contribution in [0, 0.1) is 5.82 Å². The zero-order valence-electron chi connectivity index (χ0n) is 9.10. The fraction of sp³-hybridized carbons (Fsp3) is 0.455. The van der Waals surface area contributed by atoms with Crippen molar-refractivity contribution in [2.24, 2.45) is 0 Å². The number of benzene rings is 1. The molecule has 0 aromatic heterocycles. The highest BCUT2D eigenvalue weighted by Crippen LogP contribution is 2.35. The van der Waals surface area contributed by atoms with E-state index in [-0.39, 0.29) is 17.9 Å². The number of hydrogen-bond acceptors (Lipinski definition) is 2. The van der Waals surface area contributed by atoms with Crippen molar-refractivity contribution in [3.05, 3.63) is 29.6 Å². The van der Waals surface area contributed by atoms with E-state index in [1.165, 1.54) is 6.07 Å². The van der Waals surface area contributed by atoms with E-state index in [9.17, 15) is 17.6 Å². The van der Waals surface area contributed by atoms with Crippen LogP contribution in [0.1, 0.15) is 18.4 Å². The molecule has 1 aromatic rings. The lowest BCUT2D eigenvalue weighted by Crippen LogP contribution is -2.43. The van der Waals surface area contributed by atoms with Crippen LogP contribution in [0.25, 0.3) is 0 Å². The van der Waals surface area contributed by atoms with Gasteiger partial charge in [-0.15, -0.1) is 0 Å². The summed E-state index contributed by atoms with van der Waals surface area (Å²) in [5.74, 6) is -1.29. The first-order chi connectivity index (χ1) is 8.40. The van der Waals surface area contributed by atoms with Crippen molar-refractivity contribution in [3.8, 4) is 5.75 Å². The maximum atomic E-state index is 13.0. The van der Waals surface area contributed by atoms with E-state index in [0.29, 0.717) is 18.9 Å². The fourth-order valence-corrected chi connectivity index (χ4v) is 1.92. The Morgan fingerprint density at radius 2 is 1.94 bits per heavy atom. The summed E-state index contributed by atoms with van der Waals surface area (Å²) in [6.07, 6.45) is -3.68. The Kier molecular flexibility index (Phi) is 3.68. The van der Waals surface area contributed by atoms with Gasteiger partial charge in [-0.3, -0.25) is 0 Å². The van der Waals surface area contributed by atoms with Crippen LogP contribution in [-0.2, 0) is 6.18 Å². The Bertz CT molecular complexity index is 432. The van der Waals surface area contributed by atoms with Crippen LogP contribution in [0.5, 0.6) is 5.75 Å². The first kappa shape index (κ1) is 13.4. The van der Waals surface area contributed by atoms with Crippen LogP contribution in [0.2, 0.25) is 0 Å². The van der Waals surface area contributed by atoms with Gasteiger partial charge in [0.25, 0.3) is 0 Å². The van der Waals surface area contributed by atoms with Crippen molar-refractivity contribution >= 4 is 11.8 Å². The first-order valence-corrected chi connectivity index (χ1v) is 5.67. The molecule has 1 aromatic carbocycles. The van der Waals surface area contributed by atoms with E-state index in [1.807, 2.05) is 0 Å². The minimum Gasteiger partial charge on any atom is -0.490 e. The highest BCUT2D eigenvalue weighted by molar-refractivity contribution is 6.13. The zero-order chi connectivity index (χ0) is 13.3. The van der Waals surface area contributed by atoms with Gasteiger partial charge in [-0.25, -0.2) is 9.23 Å². The Balaban J connectivity index is 2.06. The molecule has 0 bridgehead atoms. The van der Waals surface area contributed by atoms with Gasteiger partial charge in [-0.1, -0.05) is 0 Å². The molecule has 0 atom stereocenters. The molecule has 0 heterocycles. The third kappa shape index (κ3) is 2.87. The average Bonchev–Trinajstić information content (AvgIpc) is 2.23. The van der Waals surface area contributed by atoms with E-state index >= 15 is 0 Å². The zero-order valence-corrected chi connectivity index (χ0v) is 9.85. The summed E-state index contributed by atoms with van der Waals surface area (Å²) < 4.78 is 55.7. The van der Waals surface area contributed by atoms with Gasteiger partial charge in [0.2, 0.25) is 0 Å². The SMILES string of the molecule is Fc1ccc(OC2CC(NCl)C2)cc1C(F)(F)F. The normalized spacial score (nSPS) is 23.6. The Morgan fingerprint density at radius 1 is 1.28 bits per heavy atom. The topological polar surface area (TPSA) is 21.3 Å². The van der Waals surface area contributed by atoms with E-state index in [0.717, 1.165) is 6.07 Å². The summed E-state index contributed by atoms with van der Waals surface area (Å²) in [7, 11) is 0. The van der Waals surface area contributed by atoms with Crippen LogP contribution in [0.4, 0.5) is 17.6 Å². The summed E-state index contributed by atoms with van der Waals surface area (Å²) >= 11 is 5.37. The molecule has 7 heteroatoms. The summed E-state index contributed by atoms with van der Waals surface area (Å²) in [4.78, 5) is 2.51. The number of rotatable bonds is 3. The molecule has 0 saturated heterocycles. The van der Waals surface area contributed by atoms with Gasteiger partial charge < -0.3 is 4.74 Å². The first-order valence-electron chi connectivity index (χ1n) is 5.29. The highest BCUT2D eigenvalue weighted by Gasteiger charge is 2.35. The molecule has 1 saturated carbocycles. The van der Waals surface area contributed by atoms with Crippen molar-refractivity contribution in [2.75, 3.05) is 0 Å².